The largest absolute Gasteiger partial charge is 0.330 e. The number of aryl methyl sites for hydroxylation is 1. The van der Waals surface area contributed by atoms with Gasteiger partial charge in [-0.1, -0.05) is 30.3 Å². The van der Waals surface area contributed by atoms with Crippen molar-refractivity contribution in [2.24, 2.45) is 18.7 Å². The molecule has 1 aromatic carbocycles. The summed E-state index contributed by atoms with van der Waals surface area (Å²) in [5.74, 6) is 0.335. The standard InChI is InChI=1S/C19H21N3OS/c1-22-16(9-10-21-22)18-7-8-19(24-18)17(23)12-15(13-20)11-14-5-3-2-4-6-14/h2-10,15H,11-13,20H2,1H3. The predicted molar refractivity (Wildman–Crippen MR) is 98.2 cm³/mol. The van der Waals surface area contributed by atoms with Gasteiger partial charge in [-0.25, -0.2) is 0 Å². The minimum Gasteiger partial charge on any atom is -0.330 e. The molecule has 124 valence electrons. The summed E-state index contributed by atoms with van der Waals surface area (Å²) in [4.78, 5) is 14.5. The number of benzene rings is 1. The molecule has 0 radical (unpaired) electrons. The van der Waals surface area contributed by atoms with Crippen LogP contribution in [-0.4, -0.2) is 22.1 Å². The molecule has 0 aliphatic heterocycles. The molecular formula is C19H21N3OS. The monoisotopic (exact) mass is 339 g/mol. The highest BCUT2D eigenvalue weighted by atomic mass is 32.1. The number of carbonyl (C=O) groups is 1. The van der Waals surface area contributed by atoms with Crippen LogP contribution >= 0.6 is 11.3 Å². The third-order valence-corrected chi connectivity index (χ3v) is 5.28. The SMILES string of the molecule is Cn1nccc1-c1ccc(C(=O)CC(CN)Cc2ccccc2)s1. The molecule has 0 aliphatic rings. The topological polar surface area (TPSA) is 60.9 Å². The summed E-state index contributed by atoms with van der Waals surface area (Å²) in [6.07, 6.45) is 3.08. The van der Waals surface area contributed by atoms with Crippen LogP contribution in [0.5, 0.6) is 0 Å². The number of aromatic nitrogens is 2. The lowest BCUT2D eigenvalue weighted by atomic mass is 9.94. The van der Waals surface area contributed by atoms with Gasteiger partial charge < -0.3 is 5.73 Å². The van der Waals surface area contributed by atoms with Gasteiger partial charge in [-0.15, -0.1) is 11.3 Å². The van der Waals surface area contributed by atoms with E-state index in [1.54, 1.807) is 6.20 Å². The maximum atomic E-state index is 12.6. The fraction of sp³-hybridized carbons (Fsp3) is 0.263. The molecule has 0 saturated heterocycles. The average Bonchev–Trinajstić information content (AvgIpc) is 3.23. The molecule has 2 N–H and O–H groups in total. The zero-order chi connectivity index (χ0) is 16.9. The highest BCUT2D eigenvalue weighted by Crippen LogP contribution is 2.29. The van der Waals surface area contributed by atoms with Crippen LogP contribution in [0.25, 0.3) is 10.6 Å². The molecule has 3 aromatic rings. The fourth-order valence-corrected chi connectivity index (χ4v) is 3.80. The van der Waals surface area contributed by atoms with Crippen LogP contribution in [-0.2, 0) is 13.5 Å². The number of rotatable bonds is 7. The molecule has 2 aromatic heterocycles. The van der Waals surface area contributed by atoms with E-state index < -0.39 is 0 Å². The minimum absolute atomic E-state index is 0.166. The van der Waals surface area contributed by atoms with Crippen molar-refractivity contribution in [2.75, 3.05) is 6.54 Å². The second-order valence-electron chi connectivity index (χ2n) is 5.92. The van der Waals surface area contributed by atoms with Crippen LogP contribution in [0.1, 0.15) is 21.7 Å². The van der Waals surface area contributed by atoms with Crippen molar-refractivity contribution in [2.45, 2.75) is 12.8 Å². The first-order valence-electron chi connectivity index (χ1n) is 8.02. The van der Waals surface area contributed by atoms with Gasteiger partial charge in [0.05, 0.1) is 15.4 Å². The average molecular weight is 339 g/mol. The molecular weight excluding hydrogens is 318 g/mol. The molecule has 0 aliphatic carbocycles. The predicted octanol–water partition coefficient (Wildman–Crippen LogP) is 3.54. The number of carbonyl (C=O) groups excluding carboxylic acids is 1. The smallest absolute Gasteiger partial charge is 0.173 e. The lowest BCUT2D eigenvalue weighted by Gasteiger charge is -2.13. The quantitative estimate of drug-likeness (QED) is 0.670. The molecule has 0 amide bonds. The molecule has 1 unspecified atom stereocenters. The molecule has 24 heavy (non-hydrogen) atoms. The van der Waals surface area contributed by atoms with Crippen molar-refractivity contribution in [3.63, 3.8) is 0 Å². The Morgan fingerprint density at radius 3 is 2.67 bits per heavy atom. The summed E-state index contributed by atoms with van der Waals surface area (Å²) in [5.41, 5.74) is 8.14. The van der Waals surface area contributed by atoms with Crippen LogP contribution in [0.4, 0.5) is 0 Å². The molecule has 0 saturated carbocycles. The third kappa shape index (κ3) is 3.80. The third-order valence-electron chi connectivity index (χ3n) is 4.13. The molecule has 0 fully saturated rings. The van der Waals surface area contributed by atoms with E-state index in [1.807, 2.05) is 48.1 Å². The van der Waals surface area contributed by atoms with Crippen molar-refractivity contribution >= 4 is 17.1 Å². The van der Waals surface area contributed by atoms with Crippen LogP contribution in [0, 0.1) is 5.92 Å². The summed E-state index contributed by atoms with van der Waals surface area (Å²) in [7, 11) is 1.90. The van der Waals surface area contributed by atoms with Crippen molar-refractivity contribution < 1.29 is 4.79 Å². The van der Waals surface area contributed by atoms with Crippen LogP contribution in [0.3, 0.4) is 0 Å². The second kappa shape index (κ2) is 7.55. The van der Waals surface area contributed by atoms with E-state index in [0.29, 0.717) is 13.0 Å². The van der Waals surface area contributed by atoms with Crippen molar-refractivity contribution in [3.8, 4) is 10.6 Å². The zero-order valence-corrected chi connectivity index (χ0v) is 14.5. The normalized spacial score (nSPS) is 12.2. The zero-order valence-electron chi connectivity index (χ0n) is 13.7. The van der Waals surface area contributed by atoms with Crippen molar-refractivity contribution in [1.29, 1.82) is 0 Å². The number of hydrogen-bond donors (Lipinski definition) is 1. The Morgan fingerprint density at radius 2 is 2.00 bits per heavy atom. The first-order chi connectivity index (χ1) is 11.7. The number of hydrogen-bond acceptors (Lipinski definition) is 4. The molecule has 5 heteroatoms. The lowest BCUT2D eigenvalue weighted by molar-refractivity contribution is 0.0966. The molecule has 2 heterocycles. The Balaban J connectivity index is 1.68. The summed E-state index contributed by atoms with van der Waals surface area (Å²) >= 11 is 1.52. The molecule has 0 spiro atoms. The Morgan fingerprint density at radius 1 is 1.21 bits per heavy atom. The summed E-state index contributed by atoms with van der Waals surface area (Å²) in [5, 5.41) is 4.18. The van der Waals surface area contributed by atoms with Crippen LogP contribution in [0.15, 0.2) is 54.7 Å². The minimum atomic E-state index is 0.166. The Labute approximate surface area is 145 Å². The van der Waals surface area contributed by atoms with Crippen molar-refractivity contribution in [3.05, 3.63) is 65.2 Å². The van der Waals surface area contributed by atoms with Gasteiger partial charge in [-0.05, 0) is 42.6 Å². The lowest BCUT2D eigenvalue weighted by Crippen LogP contribution is -2.20. The first-order valence-corrected chi connectivity index (χ1v) is 8.84. The van der Waals surface area contributed by atoms with E-state index in [9.17, 15) is 4.79 Å². The molecule has 0 bridgehead atoms. The highest BCUT2D eigenvalue weighted by Gasteiger charge is 2.17. The van der Waals surface area contributed by atoms with E-state index in [2.05, 4.69) is 17.2 Å². The van der Waals surface area contributed by atoms with E-state index >= 15 is 0 Å². The first kappa shape index (κ1) is 16.6. The number of nitrogens with zero attached hydrogens (tertiary/aromatic N) is 2. The maximum absolute atomic E-state index is 12.6. The van der Waals surface area contributed by atoms with Gasteiger partial charge in [0.15, 0.2) is 5.78 Å². The number of nitrogens with two attached hydrogens (primary N) is 1. The highest BCUT2D eigenvalue weighted by molar-refractivity contribution is 7.17. The Bertz CT molecular complexity index is 807. The molecule has 3 rings (SSSR count). The maximum Gasteiger partial charge on any atom is 0.173 e. The van der Waals surface area contributed by atoms with E-state index in [-0.39, 0.29) is 11.7 Å². The van der Waals surface area contributed by atoms with Gasteiger partial charge in [0, 0.05) is 19.7 Å². The van der Waals surface area contributed by atoms with E-state index in [0.717, 1.165) is 21.9 Å². The Kier molecular flexibility index (Phi) is 5.23. The van der Waals surface area contributed by atoms with Gasteiger partial charge in [-0.3, -0.25) is 9.48 Å². The summed E-state index contributed by atoms with van der Waals surface area (Å²) in [6, 6.07) is 16.1. The van der Waals surface area contributed by atoms with Crippen molar-refractivity contribution in [1.82, 2.24) is 9.78 Å². The fourth-order valence-electron chi connectivity index (χ4n) is 2.79. The second-order valence-corrected chi connectivity index (χ2v) is 7.01. The number of ketones is 1. The van der Waals surface area contributed by atoms with Gasteiger partial charge in [-0.2, -0.15) is 5.10 Å². The Hall–Kier alpha value is -2.24. The van der Waals surface area contributed by atoms with Crippen LogP contribution < -0.4 is 5.73 Å². The van der Waals surface area contributed by atoms with E-state index in [1.165, 1.54) is 16.9 Å². The number of thiophene rings is 1. The van der Waals surface area contributed by atoms with Gasteiger partial charge in [0.2, 0.25) is 0 Å². The van der Waals surface area contributed by atoms with Gasteiger partial charge >= 0.3 is 0 Å². The van der Waals surface area contributed by atoms with Gasteiger partial charge in [0.1, 0.15) is 0 Å². The molecule has 1 atom stereocenters. The van der Waals surface area contributed by atoms with Gasteiger partial charge in [0.25, 0.3) is 0 Å². The summed E-state index contributed by atoms with van der Waals surface area (Å²) < 4.78 is 1.82. The molecule has 4 nitrogen and oxygen atoms in total. The van der Waals surface area contributed by atoms with E-state index in [4.69, 9.17) is 5.73 Å². The van der Waals surface area contributed by atoms with Crippen LogP contribution in [0.2, 0.25) is 0 Å². The summed E-state index contributed by atoms with van der Waals surface area (Å²) in [6.45, 7) is 0.514. The number of Topliss-reactive ketones (excluding diaryl/α,β-unsaturated/α-hetero) is 1.